The van der Waals surface area contributed by atoms with Gasteiger partial charge in [0.05, 0.1) is 5.41 Å². The Hall–Kier alpha value is -3.02. The third kappa shape index (κ3) is 4.11. The monoisotopic (exact) mass is 422 g/mol. The van der Waals surface area contributed by atoms with E-state index in [9.17, 15) is 9.59 Å². The number of ether oxygens (including phenoxy) is 2. The standard InChI is InChI=1S/C25H30N2O4/c1-3-27(4-2)23(28)18-7-10-20(11-8-18)26-24(29)25(13-5-6-14-25)19-9-12-21-22(17-19)31-16-15-30-21/h7-12,17H,3-6,13-16H2,1-2H3,(H,26,29). The van der Waals surface area contributed by atoms with Crippen LogP contribution < -0.4 is 14.8 Å². The highest BCUT2D eigenvalue weighted by Gasteiger charge is 2.43. The van der Waals surface area contributed by atoms with Crippen molar-refractivity contribution in [3.8, 4) is 11.5 Å². The molecular weight excluding hydrogens is 392 g/mol. The quantitative estimate of drug-likeness (QED) is 0.750. The summed E-state index contributed by atoms with van der Waals surface area (Å²) in [5.74, 6) is 1.44. The third-order valence-electron chi connectivity index (χ3n) is 6.43. The first-order valence-corrected chi connectivity index (χ1v) is 11.2. The van der Waals surface area contributed by atoms with Crippen molar-refractivity contribution in [2.24, 2.45) is 0 Å². The van der Waals surface area contributed by atoms with E-state index in [2.05, 4.69) is 5.32 Å². The molecule has 1 heterocycles. The topological polar surface area (TPSA) is 67.9 Å². The Labute approximate surface area is 183 Å². The van der Waals surface area contributed by atoms with Crippen molar-refractivity contribution in [2.45, 2.75) is 44.9 Å². The van der Waals surface area contributed by atoms with Gasteiger partial charge in [0.1, 0.15) is 13.2 Å². The van der Waals surface area contributed by atoms with E-state index >= 15 is 0 Å². The van der Waals surface area contributed by atoms with Crippen LogP contribution in [0.1, 0.15) is 55.5 Å². The smallest absolute Gasteiger partial charge is 0.253 e. The molecule has 1 fully saturated rings. The van der Waals surface area contributed by atoms with Crippen LogP contribution in [0.5, 0.6) is 11.5 Å². The van der Waals surface area contributed by atoms with E-state index in [1.54, 1.807) is 29.2 Å². The predicted octanol–water partition coefficient (Wildman–Crippen LogP) is 4.39. The molecule has 0 saturated heterocycles. The fourth-order valence-corrected chi connectivity index (χ4v) is 4.61. The molecule has 6 nitrogen and oxygen atoms in total. The van der Waals surface area contributed by atoms with Crippen molar-refractivity contribution >= 4 is 17.5 Å². The van der Waals surface area contributed by atoms with E-state index in [4.69, 9.17) is 9.47 Å². The lowest BCUT2D eigenvalue weighted by molar-refractivity contribution is -0.121. The molecule has 0 atom stereocenters. The summed E-state index contributed by atoms with van der Waals surface area (Å²) in [6.07, 6.45) is 3.63. The molecule has 0 aromatic heterocycles. The maximum atomic E-state index is 13.5. The van der Waals surface area contributed by atoms with Gasteiger partial charge in [-0.05, 0) is 68.7 Å². The molecule has 2 amide bonds. The third-order valence-corrected chi connectivity index (χ3v) is 6.43. The Morgan fingerprint density at radius 1 is 0.935 bits per heavy atom. The summed E-state index contributed by atoms with van der Waals surface area (Å²) in [6.45, 7) is 6.35. The van der Waals surface area contributed by atoms with Gasteiger partial charge in [-0.25, -0.2) is 0 Å². The van der Waals surface area contributed by atoms with Gasteiger partial charge in [0.15, 0.2) is 11.5 Å². The highest BCUT2D eigenvalue weighted by molar-refractivity contribution is 6.00. The molecule has 31 heavy (non-hydrogen) atoms. The number of carbonyl (C=O) groups excluding carboxylic acids is 2. The highest BCUT2D eigenvalue weighted by Crippen LogP contribution is 2.45. The first-order chi connectivity index (χ1) is 15.1. The van der Waals surface area contributed by atoms with Crippen molar-refractivity contribution in [2.75, 3.05) is 31.6 Å². The van der Waals surface area contributed by atoms with Crippen molar-refractivity contribution in [3.63, 3.8) is 0 Å². The van der Waals surface area contributed by atoms with Crippen LogP contribution in [0.2, 0.25) is 0 Å². The molecule has 164 valence electrons. The Morgan fingerprint density at radius 2 is 1.58 bits per heavy atom. The van der Waals surface area contributed by atoms with E-state index in [1.807, 2.05) is 32.0 Å². The average molecular weight is 423 g/mol. The second kappa shape index (κ2) is 9.00. The van der Waals surface area contributed by atoms with E-state index in [0.717, 1.165) is 37.0 Å². The SMILES string of the molecule is CCN(CC)C(=O)c1ccc(NC(=O)C2(c3ccc4c(c3)OCCO4)CCCC2)cc1. The van der Waals surface area contributed by atoms with Crippen LogP contribution in [-0.4, -0.2) is 43.0 Å². The van der Waals surface area contributed by atoms with Crippen molar-refractivity contribution in [1.82, 2.24) is 4.90 Å². The van der Waals surface area contributed by atoms with E-state index in [-0.39, 0.29) is 11.8 Å². The molecule has 0 radical (unpaired) electrons. The Balaban J connectivity index is 1.54. The zero-order valence-corrected chi connectivity index (χ0v) is 18.3. The van der Waals surface area contributed by atoms with Gasteiger partial charge in [0, 0.05) is 24.3 Å². The highest BCUT2D eigenvalue weighted by atomic mass is 16.6. The van der Waals surface area contributed by atoms with E-state index in [0.29, 0.717) is 43.3 Å². The number of rotatable bonds is 6. The first kappa shape index (κ1) is 21.2. The van der Waals surface area contributed by atoms with Crippen molar-refractivity contribution in [3.05, 3.63) is 53.6 Å². The molecule has 1 aliphatic heterocycles. The largest absolute Gasteiger partial charge is 0.486 e. The van der Waals surface area contributed by atoms with Crippen LogP contribution in [0.15, 0.2) is 42.5 Å². The van der Waals surface area contributed by atoms with Gasteiger partial charge in [-0.15, -0.1) is 0 Å². The molecule has 1 saturated carbocycles. The Bertz CT molecular complexity index is 944. The van der Waals surface area contributed by atoms with Gasteiger partial charge in [0.25, 0.3) is 5.91 Å². The van der Waals surface area contributed by atoms with Crippen LogP contribution in [0.25, 0.3) is 0 Å². The maximum Gasteiger partial charge on any atom is 0.253 e. The van der Waals surface area contributed by atoms with Gasteiger partial charge in [-0.2, -0.15) is 0 Å². The fourth-order valence-electron chi connectivity index (χ4n) is 4.61. The first-order valence-electron chi connectivity index (χ1n) is 11.2. The summed E-state index contributed by atoms with van der Waals surface area (Å²) in [5, 5.41) is 3.09. The van der Waals surface area contributed by atoms with Gasteiger partial charge in [0.2, 0.25) is 5.91 Å². The van der Waals surface area contributed by atoms with Gasteiger partial charge >= 0.3 is 0 Å². The number of hydrogen-bond acceptors (Lipinski definition) is 4. The molecule has 4 rings (SSSR count). The van der Waals surface area contributed by atoms with Gasteiger partial charge in [-0.3, -0.25) is 9.59 Å². The van der Waals surface area contributed by atoms with Gasteiger partial charge < -0.3 is 19.7 Å². The van der Waals surface area contributed by atoms with Crippen LogP contribution in [0.4, 0.5) is 5.69 Å². The van der Waals surface area contributed by atoms with E-state index < -0.39 is 5.41 Å². The molecule has 2 aliphatic rings. The molecule has 1 aliphatic carbocycles. The van der Waals surface area contributed by atoms with Crippen molar-refractivity contribution < 1.29 is 19.1 Å². The summed E-state index contributed by atoms with van der Waals surface area (Å²) in [5.41, 5.74) is 1.72. The van der Waals surface area contributed by atoms with E-state index in [1.165, 1.54) is 0 Å². The van der Waals surface area contributed by atoms with Crippen LogP contribution in [-0.2, 0) is 10.2 Å². The lowest BCUT2D eigenvalue weighted by atomic mass is 9.77. The number of fused-ring (bicyclic) bond motifs is 1. The lowest BCUT2D eigenvalue weighted by Gasteiger charge is -2.30. The maximum absolute atomic E-state index is 13.5. The number of anilines is 1. The number of hydrogen-bond donors (Lipinski definition) is 1. The number of nitrogens with zero attached hydrogens (tertiary/aromatic N) is 1. The number of carbonyl (C=O) groups is 2. The minimum absolute atomic E-state index is 0.00594. The van der Waals surface area contributed by atoms with Gasteiger partial charge in [-0.1, -0.05) is 18.9 Å². The molecular formula is C25H30N2O4. The Kier molecular flexibility index (Phi) is 6.16. The summed E-state index contributed by atoms with van der Waals surface area (Å²) in [7, 11) is 0. The number of nitrogens with one attached hydrogen (secondary N) is 1. The summed E-state index contributed by atoms with van der Waals surface area (Å²) >= 11 is 0. The summed E-state index contributed by atoms with van der Waals surface area (Å²) in [4.78, 5) is 27.8. The van der Waals surface area contributed by atoms with Crippen molar-refractivity contribution in [1.29, 1.82) is 0 Å². The Morgan fingerprint density at radius 3 is 2.23 bits per heavy atom. The molecule has 6 heteroatoms. The minimum Gasteiger partial charge on any atom is -0.486 e. The minimum atomic E-state index is -0.578. The summed E-state index contributed by atoms with van der Waals surface area (Å²) in [6, 6.07) is 13.0. The zero-order chi connectivity index (χ0) is 21.8. The molecule has 2 aromatic rings. The predicted molar refractivity (Wildman–Crippen MR) is 120 cm³/mol. The molecule has 0 bridgehead atoms. The molecule has 1 N–H and O–H groups in total. The fraction of sp³-hybridized carbons (Fsp3) is 0.440. The second-order valence-corrected chi connectivity index (χ2v) is 8.16. The number of benzene rings is 2. The summed E-state index contributed by atoms with van der Waals surface area (Å²) < 4.78 is 11.4. The molecule has 0 unspecified atom stereocenters. The zero-order valence-electron chi connectivity index (χ0n) is 18.3. The second-order valence-electron chi connectivity index (χ2n) is 8.16. The number of amides is 2. The normalized spacial score (nSPS) is 16.6. The lowest BCUT2D eigenvalue weighted by Crippen LogP contribution is -2.38. The van der Waals surface area contributed by atoms with Crippen LogP contribution in [0.3, 0.4) is 0 Å². The molecule has 2 aromatic carbocycles. The van der Waals surface area contributed by atoms with Crippen LogP contribution in [0, 0.1) is 0 Å². The average Bonchev–Trinajstić information content (AvgIpc) is 3.31. The molecule has 0 spiro atoms. The van der Waals surface area contributed by atoms with Crippen LogP contribution >= 0.6 is 0 Å².